The predicted molar refractivity (Wildman–Crippen MR) is 109 cm³/mol. The highest BCUT2D eigenvalue weighted by Gasteiger charge is 2.26. The molecule has 0 aliphatic carbocycles. The smallest absolute Gasteiger partial charge is 0.163 e. The summed E-state index contributed by atoms with van der Waals surface area (Å²) in [5.41, 5.74) is 4.62. The van der Waals surface area contributed by atoms with Crippen LogP contribution >= 0.6 is 0 Å². The highest BCUT2D eigenvalue weighted by molar-refractivity contribution is 5.62. The van der Waals surface area contributed by atoms with Gasteiger partial charge in [0.05, 0.1) is 38.5 Å². The highest BCUT2D eigenvalue weighted by Crippen LogP contribution is 2.35. The fourth-order valence-electron chi connectivity index (χ4n) is 3.96. The molecule has 2 heterocycles. The molecule has 4 rings (SSSR count). The molecule has 1 aliphatic heterocycles. The van der Waals surface area contributed by atoms with Crippen molar-refractivity contribution in [1.29, 1.82) is 0 Å². The number of rotatable bonds is 7. The number of para-hydroxylation sites is 1. The van der Waals surface area contributed by atoms with E-state index in [4.69, 9.17) is 19.2 Å². The van der Waals surface area contributed by atoms with Crippen molar-refractivity contribution < 1.29 is 14.2 Å². The summed E-state index contributed by atoms with van der Waals surface area (Å²) in [6, 6.07) is 16.4. The van der Waals surface area contributed by atoms with Crippen molar-refractivity contribution in [3.05, 3.63) is 66.1 Å². The van der Waals surface area contributed by atoms with Gasteiger partial charge in [0.25, 0.3) is 0 Å². The van der Waals surface area contributed by atoms with Crippen LogP contribution in [0.5, 0.6) is 11.5 Å². The highest BCUT2D eigenvalue weighted by atomic mass is 16.5. The summed E-state index contributed by atoms with van der Waals surface area (Å²) in [5.74, 6) is 1.95. The summed E-state index contributed by atoms with van der Waals surface area (Å²) in [6.45, 7) is 2.40. The summed E-state index contributed by atoms with van der Waals surface area (Å²) in [5, 5.41) is 0. The second kappa shape index (κ2) is 8.48. The van der Waals surface area contributed by atoms with Gasteiger partial charge >= 0.3 is 0 Å². The molecule has 28 heavy (non-hydrogen) atoms. The minimum Gasteiger partial charge on any atom is -0.493 e. The Labute approximate surface area is 165 Å². The minimum atomic E-state index is 0.380. The molecule has 0 radical (unpaired) electrons. The molecule has 2 aromatic carbocycles. The van der Waals surface area contributed by atoms with Gasteiger partial charge in [0.15, 0.2) is 11.5 Å². The molecule has 0 unspecified atom stereocenters. The number of aryl methyl sites for hydroxylation is 2. The van der Waals surface area contributed by atoms with Crippen LogP contribution in [0.1, 0.15) is 23.6 Å². The molecule has 0 amide bonds. The number of methoxy groups -OCH3 is 2. The van der Waals surface area contributed by atoms with E-state index in [9.17, 15) is 0 Å². The van der Waals surface area contributed by atoms with Gasteiger partial charge in [-0.1, -0.05) is 42.5 Å². The zero-order valence-electron chi connectivity index (χ0n) is 16.4. The Morgan fingerprint density at radius 1 is 1.07 bits per heavy atom. The molecule has 1 atom stereocenters. The van der Waals surface area contributed by atoms with Crippen molar-refractivity contribution in [3.8, 4) is 22.8 Å². The molecule has 1 saturated heterocycles. The molecule has 1 aliphatic rings. The van der Waals surface area contributed by atoms with Crippen LogP contribution in [0.3, 0.4) is 0 Å². The van der Waals surface area contributed by atoms with Crippen LogP contribution in [-0.2, 0) is 17.7 Å². The molecule has 3 aromatic rings. The van der Waals surface area contributed by atoms with Crippen LogP contribution in [0.15, 0.2) is 54.9 Å². The zero-order valence-corrected chi connectivity index (χ0v) is 16.4. The van der Waals surface area contributed by atoms with Crippen molar-refractivity contribution in [3.63, 3.8) is 0 Å². The molecular formula is C23H26N2O3. The Hall–Kier alpha value is -2.79. The largest absolute Gasteiger partial charge is 0.493 e. The number of nitrogens with zero attached hydrogens (tertiary/aromatic N) is 2. The van der Waals surface area contributed by atoms with Crippen LogP contribution in [0.2, 0.25) is 0 Å². The van der Waals surface area contributed by atoms with E-state index in [0.717, 1.165) is 60.9 Å². The van der Waals surface area contributed by atoms with Gasteiger partial charge in [0, 0.05) is 24.6 Å². The van der Waals surface area contributed by atoms with Crippen molar-refractivity contribution in [2.45, 2.75) is 25.3 Å². The number of ether oxygens (including phenoxy) is 3. The number of hydrogen-bond acceptors (Lipinski definition) is 4. The molecule has 0 spiro atoms. The van der Waals surface area contributed by atoms with Gasteiger partial charge < -0.3 is 18.8 Å². The van der Waals surface area contributed by atoms with E-state index >= 15 is 0 Å². The average Bonchev–Trinajstić information content (AvgIpc) is 3.41. The third-order valence-electron chi connectivity index (χ3n) is 5.35. The van der Waals surface area contributed by atoms with Crippen LogP contribution in [-0.4, -0.2) is 37.0 Å². The molecule has 1 fully saturated rings. The standard InChI is InChI=1S/C23H26N2O3/c1-26-20-10-6-9-18(23(20)27-2)11-13-25-16-24-21(17-7-4-3-5-8-17)22(25)19-12-14-28-15-19/h3-10,16,19H,11-15H2,1-2H3/t19-/m0/s1. The van der Waals surface area contributed by atoms with E-state index in [2.05, 4.69) is 34.9 Å². The third kappa shape index (κ3) is 3.62. The first-order valence-electron chi connectivity index (χ1n) is 9.70. The van der Waals surface area contributed by atoms with Crippen molar-refractivity contribution in [1.82, 2.24) is 9.55 Å². The Morgan fingerprint density at radius 2 is 1.93 bits per heavy atom. The lowest BCUT2D eigenvalue weighted by Gasteiger charge is -2.16. The summed E-state index contributed by atoms with van der Waals surface area (Å²) >= 11 is 0. The summed E-state index contributed by atoms with van der Waals surface area (Å²) < 4.78 is 19.0. The van der Waals surface area contributed by atoms with E-state index in [-0.39, 0.29) is 0 Å². The molecular weight excluding hydrogens is 352 g/mol. The van der Waals surface area contributed by atoms with Crippen LogP contribution in [0, 0.1) is 0 Å². The van der Waals surface area contributed by atoms with Crippen LogP contribution in [0.25, 0.3) is 11.3 Å². The second-order valence-electron chi connectivity index (χ2n) is 7.00. The quantitative estimate of drug-likeness (QED) is 0.614. The first-order valence-corrected chi connectivity index (χ1v) is 9.70. The Kier molecular flexibility index (Phi) is 5.63. The SMILES string of the molecule is COc1cccc(CCn2cnc(-c3ccccc3)c2[C@H]2CCOC2)c1OC. The molecule has 5 nitrogen and oxygen atoms in total. The monoisotopic (exact) mass is 378 g/mol. The van der Waals surface area contributed by atoms with Crippen LogP contribution < -0.4 is 9.47 Å². The lowest BCUT2D eigenvalue weighted by atomic mass is 9.99. The first kappa shape index (κ1) is 18.6. The summed E-state index contributed by atoms with van der Waals surface area (Å²) in [7, 11) is 3.36. The molecule has 0 saturated carbocycles. The van der Waals surface area contributed by atoms with Gasteiger partial charge in [-0.3, -0.25) is 0 Å². The van der Waals surface area contributed by atoms with E-state index in [0.29, 0.717) is 5.92 Å². The number of hydrogen-bond donors (Lipinski definition) is 0. The summed E-state index contributed by atoms with van der Waals surface area (Å²) in [4.78, 5) is 4.77. The summed E-state index contributed by atoms with van der Waals surface area (Å²) in [6.07, 6.45) is 3.84. The Bertz CT molecular complexity index is 915. The number of benzene rings is 2. The minimum absolute atomic E-state index is 0.380. The Balaban J connectivity index is 1.64. The molecule has 146 valence electrons. The lowest BCUT2D eigenvalue weighted by molar-refractivity contribution is 0.193. The van der Waals surface area contributed by atoms with Gasteiger partial charge in [-0.25, -0.2) is 4.98 Å². The molecule has 5 heteroatoms. The van der Waals surface area contributed by atoms with Crippen molar-refractivity contribution in [2.24, 2.45) is 0 Å². The van der Waals surface area contributed by atoms with Gasteiger partial charge in [0.1, 0.15) is 0 Å². The van der Waals surface area contributed by atoms with E-state index < -0.39 is 0 Å². The van der Waals surface area contributed by atoms with Gasteiger partial charge in [0.2, 0.25) is 0 Å². The normalized spacial score (nSPS) is 16.3. The van der Waals surface area contributed by atoms with Gasteiger partial charge in [-0.05, 0) is 24.5 Å². The lowest BCUT2D eigenvalue weighted by Crippen LogP contribution is -2.11. The predicted octanol–water partition coefficient (Wildman–Crippen LogP) is 4.31. The first-order chi connectivity index (χ1) is 13.8. The maximum Gasteiger partial charge on any atom is 0.163 e. The zero-order chi connectivity index (χ0) is 19.3. The third-order valence-corrected chi connectivity index (χ3v) is 5.35. The average molecular weight is 378 g/mol. The van der Waals surface area contributed by atoms with Gasteiger partial charge in [-0.15, -0.1) is 0 Å². The fraction of sp³-hybridized carbons (Fsp3) is 0.348. The molecule has 1 aromatic heterocycles. The number of aromatic nitrogens is 2. The van der Waals surface area contributed by atoms with E-state index in [1.54, 1.807) is 14.2 Å². The van der Waals surface area contributed by atoms with E-state index in [1.165, 1.54) is 5.69 Å². The molecule has 0 N–H and O–H groups in total. The number of imidazole rings is 1. The molecule has 0 bridgehead atoms. The van der Waals surface area contributed by atoms with Crippen molar-refractivity contribution in [2.75, 3.05) is 27.4 Å². The topological polar surface area (TPSA) is 45.5 Å². The maximum absolute atomic E-state index is 5.68. The van der Waals surface area contributed by atoms with E-state index in [1.807, 2.05) is 24.5 Å². The van der Waals surface area contributed by atoms with Gasteiger partial charge in [-0.2, -0.15) is 0 Å². The second-order valence-corrected chi connectivity index (χ2v) is 7.00. The maximum atomic E-state index is 5.68. The fourth-order valence-corrected chi connectivity index (χ4v) is 3.96. The Morgan fingerprint density at radius 3 is 2.64 bits per heavy atom. The van der Waals surface area contributed by atoms with Crippen molar-refractivity contribution >= 4 is 0 Å². The van der Waals surface area contributed by atoms with Crippen LogP contribution in [0.4, 0.5) is 0 Å².